The third-order valence-corrected chi connectivity index (χ3v) is 6.24. The predicted molar refractivity (Wildman–Crippen MR) is 107 cm³/mol. The van der Waals surface area contributed by atoms with Gasteiger partial charge in [0.25, 0.3) is 15.9 Å². The van der Waals surface area contributed by atoms with Crippen molar-refractivity contribution in [2.24, 2.45) is 0 Å². The lowest BCUT2D eigenvalue weighted by Gasteiger charge is -2.27. The smallest absolute Gasteiger partial charge is 0.417 e. The van der Waals surface area contributed by atoms with Crippen LogP contribution in [0, 0.1) is 0 Å². The summed E-state index contributed by atoms with van der Waals surface area (Å²) in [6.45, 7) is 1.38. The molecule has 0 radical (unpaired) electrons. The summed E-state index contributed by atoms with van der Waals surface area (Å²) >= 11 is 5.57. The second-order valence-corrected chi connectivity index (χ2v) is 8.65. The number of ether oxygens (including phenoxy) is 2. The highest BCUT2D eigenvalue weighted by Gasteiger charge is 2.34. The summed E-state index contributed by atoms with van der Waals surface area (Å²) in [5, 5.41) is -0.557. The zero-order valence-electron chi connectivity index (χ0n) is 16.2. The molecule has 1 aliphatic heterocycles. The lowest BCUT2D eigenvalue weighted by molar-refractivity contribution is -0.137. The van der Waals surface area contributed by atoms with Crippen LogP contribution in [0.5, 0.6) is 5.75 Å². The van der Waals surface area contributed by atoms with Gasteiger partial charge >= 0.3 is 6.18 Å². The molecule has 0 atom stereocenters. The van der Waals surface area contributed by atoms with Crippen molar-refractivity contribution in [2.45, 2.75) is 11.1 Å². The van der Waals surface area contributed by atoms with Crippen molar-refractivity contribution in [1.29, 1.82) is 0 Å². The summed E-state index contributed by atoms with van der Waals surface area (Å²) in [7, 11) is -2.97. The average molecular weight is 479 g/mol. The summed E-state index contributed by atoms with van der Waals surface area (Å²) in [6.07, 6.45) is -4.75. The predicted octanol–water partition coefficient (Wildman–Crippen LogP) is 3.64. The number of amides is 1. The van der Waals surface area contributed by atoms with Gasteiger partial charge in [-0.2, -0.15) is 13.2 Å². The van der Waals surface area contributed by atoms with Crippen molar-refractivity contribution >= 4 is 33.2 Å². The second kappa shape index (κ2) is 8.93. The lowest BCUT2D eigenvalue weighted by Crippen LogP contribution is -2.40. The maximum Gasteiger partial charge on any atom is 0.417 e. The van der Waals surface area contributed by atoms with E-state index in [2.05, 4.69) is 4.72 Å². The molecule has 0 spiro atoms. The third-order valence-electron chi connectivity index (χ3n) is 4.53. The Labute approximate surface area is 181 Å². The molecule has 12 heteroatoms. The van der Waals surface area contributed by atoms with E-state index in [1.165, 1.54) is 24.1 Å². The molecule has 2 aromatic rings. The van der Waals surface area contributed by atoms with Crippen LogP contribution in [0.1, 0.15) is 15.9 Å². The fourth-order valence-electron chi connectivity index (χ4n) is 2.98. The number of hydrogen-bond acceptors (Lipinski definition) is 5. The van der Waals surface area contributed by atoms with Crippen molar-refractivity contribution in [2.75, 3.05) is 38.1 Å². The van der Waals surface area contributed by atoms with E-state index in [1.54, 1.807) is 0 Å². The van der Waals surface area contributed by atoms with Crippen LogP contribution in [-0.2, 0) is 20.9 Å². The quantitative estimate of drug-likeness (QED) is 0.709. The fourth-order valence-corrected chi connectivity index (χ4v) is 4.28. The van der Waals surface area contributed by atoms with Gasteiger partial charge in [0.1, 0.15) is 5.75 Å². The molecule has 1 amide bonds. The Hall–Kier alpha value is -2.50. The number of alkyl halides is 3. The van der Waals surface area contributed by atoms with Crippen LogP contribution >= 0.6 is 11.6 Å². The first kappa shape index (κ1) is 23.2. The summed E-state index contributed by atoms with van der Waals surface area (Å²) in [5.41, 5.74) is -1.49. The van der Waals surface area contributed by atoms with Crippen LogP contribution in [0.3, 0.4) is 0 Å². The molecule has 0 saturated carbocycles. The number of methoxy groups -OCH3 is 1. The standard InChI is InChI=1S/C19H18ClF3N2O5S/c1-29-17-5-3-13(11-14(17)18(26)25-6-8-30-9-7-25)31(27,28)24-12-2-4-16(20)15(10-12)19(21,22)23/h2-5,10-11,24H,6-9H2,1H3. The highest BCUT2D eigenvalue weighted by atomic mass is 35.5. The number of nitrogens with one attached hydrogen (secondary N) is 1. The van der Waals surface area contributed by atoms with E-state index < -0.39 is 32.7 Å². The number of carbonyl (C=O) groups excluding carboxylic acids is 1. The molecule has 31 heavy (non-hydrogen) atoms. The molecule has 1 saturated heterocycles. The Kier molecular flexibility index (Phi) is 6.68. The number of hydrogen-bond donors (Lipinski definition) is 1. The molecule has 0 aliphatic carbocycles. The highest BCUT2D eigenvalue weighted by Crippen LogP contribution is 2.36. The van der Waals surface area contributed by atoms with Gasteiger partial charge in [0.2, 0.25) is 0 Å². The third kappa shape index (κ3) is 5.23. The van der Waals surface area contributed by atoms with Crippen molar-refractivity contribution in [1.82, 2.24) is 4.90 Å². The SMILES string of the molecule is COc1ccc(S(=O)(=O)Nc2ccc(Cl)c(C(F)(F)F)c2)cc1C(=O)N1CCOCC1. The second-order valence-electron chi connectivity index (χ2n) is 6.56. The van der Waals surface area contributed by atoms with Crippen LogP contribution in [-0.4, -0.2) is 52.6 Å². The fraction of sp³-hybridized carbons (Fsp3) is 0.316. The van der Waals surface area contributed by atoms with Crippen LogP contribution in [0.4, 0.5) is 18.9 Å². The number of anilines is 1. The van der Waals surface area contributed by atoms with Gasteiger partial charge < -0.3 is 14.4 Å². The van der Waals surface area contributed by atoms with Crippen molar-refractivity contribution in [3.63, 3.8) is 0 Å². The highest BCUT2D eigenvalue weighted by molar-refractivity contribution is 7.92. The largest absolute Gasteiger partial charge is 0.496 e. The van der Waals surface area contributed by atoms with E-state index >= 15 is 0 Å². The molecular formula is C19H18ClF3N2O5S. The van der Waals surface area contributed by atoms with Crippen molar-refractivity contribution in [3.8, 4) is 5.75 Å². The van der Waals surface area contributed by atoms with Gasteiger partial charge in [-0.25, -0.2) is 8.42 Å². The van der Waals surface area contributed by atoms with Gasteiger partial charge in [0.05, 0.1) is 41.4 Å². The maximum atomic E-state index is 13.1. The zero-order chi connectivity index (χ0) is 22.8. The van der Waals surface area contributed by atoms with Crippen molar-refractivity contribution < 1.29 is 35.9 Å². The van der Waals surface area contributed by atoms with Gasteiger partial charge in [0, 0.05) is 18.8 Å². The zero-order valence-corrected chi connectivity index (χ0v) is 17.8. The molecule has 1 heterocycles. The van der Waals surface area contributed by atoms with E-state index in [9.17, 15) is 26.4 Å². The topological polar surface area (TPSA) is 84.9 Å². The minimum atomic E-state index is -4.75. The molecule has 1 aliphatic rings. The Bertz CT molecular complexity index is 1090. The molecule has 3 rings (SSSR count). The van der Waals surface area contributed by atoms with Crippen LogP contribution < -0.4 is 9.46 Å². The Morgan fingerprint density at radius 2 is 1.84 bits per heavy atom. The summed E-state index contributed by atoms with van der Waals surface area (Å²) in [5.74, 6) is -0.274. The van der Waals surface area contributed by atoms with E-state index in [-0.39, 0.29) is 21.9 Å². The Morgan fingerprint density at radius 3 is 2.45 bits per heavy atom. The summed E-state index contributed by atoms with van der Waals surface area (Å²) < 4.78 is 77.2. The minimum Gasteiger partial charge on any atom is -0.496 e. The number of benzene rings is 2. The molecule has 168 valence electrons. The Morgan fingerprint density at radius 1 is 1.16 bits per heavy atom. The van der Waals surface area contributed by atoms with Crippen LogP contribution in [0.25, 0.3) is 0 Å². The molecule has 2 aromatic carbocycles. The van der Waals surface area contributed by atoms with Gasteiger partial charge in [-0.05, 0) is 36.4 Å². The van der Waals surface area contributed by atoms with E-state index in [4.69, 9.17) is 21.1 Å². The minimum absolute atomic E-state index is 0.0133. The number of morpholine rings is 1. The number of carbonyl (C=O) groups is 1. The molecule has 7 nitrogen and oxygen atoms in total. The first-order valence-corrected chi connectivity index (χ1v) is 10.8. The first-order valence-electron chi connectivity index (χ1n) is 8.97. The number of sulfonamides is 1. The number of halogens is 4. The van der Waals surface area contributed by atoms with E-state index in [0.29, 0.717) is 32.4 Å². The van der Waals surface area contributed by atoms with Gasteiger partial charge in [-0.1, -0.05) is 11.6 Å². The summed E-state index contributed by atoms with van der Waals surface area (Å²) in [6, 6.07) is 6.29. The normalized spacial score (nSPS) is 14.9. The van der Waals surface area contributed by atoms with E-state index in [0.717, 1.165) is 18.2 Å². The molecule has 0 unspecified atom stereocenters. The molecule has 0 bridgehead atoms. The number of nitrogens with zero attached hydrogens (tertiary/aromatic N) is 1. The summed E-state index contributed by atoms with van der Waals surface area (Å²) in [4.78, 5) is 14.0. The lowest BCUT2D eigenvalue weighted by atomic mass is 10.1. The molecular weight excluding hydrogens is 461 g/mol. The van der Waals surface area contributed by atoms with Crippen LogP contribution in [0.15, 0.2) is 41.3 Å². The van der Waals surface area contributed by atoms with Crippen LogP contribution in [0.2, 0.25) is 5.02 Å². The monoisotopic (exact) mass is 478 g/mol. The van der Waals surface area contributed by atoms with Gasteiger partial charge in [0.15, 0.2) is 0 Å². The number of rotatable bonds is 5. The molecule has 0 aromatic heterocycles. The van der Waals surface area contributed by atoms with E-state index in [1.807, 2.05) is 0 Å². The van der Waals surface area contributed by atoms with Crippen molar-refractivity contribution in [3.05, 3.63) is 52.5 Å². The molecule has 1 fully saturated rings. The maximum absolute atomic E-state index is 13.1. The average Bonchev–Trinajstić information content (AvgIpc) is 2.73. The van der Waals surface area contributed by atoms with Gasteiger partial charge in [-0.3, -0.25) is 9.52 Å². The Balaban J connectivity index is 1.94. The molecule has 1 N–H and O–H groups in total. The first-order chi connectivity index (χ1) is 14.5. The van der Waals surface area contributed by atoms with Gasteiger partial charge in [-0.15, -0.1) is 0 Å².